The second-order valence-electron chi connectivity index (χ2n) is 5.79. The van der Waals surface area contributed by atoms with E-state index in [4.69, 9.17) is 4.74 Å². The lowest BCUT2D eigenvalue weighted by atomic mass is 10.2. The Balaban J connectivity index is 1.66. The lowest BCUT2D eigenvalue weighted by Crippen LogP contribution is -2.50. The molecular formula is C17H20N2O4S2. The van der Waals surface area contributed by atoms with Crippen LogP contribution in [0.2, 0.25) is 0 Å². The fraction of sp³-hybridized carbons (Fsp3) is 0.353. The molecule has 1 aliphatic rings. The molecule has 1 aromatic carbocycles. The molecule has 0 saturated carbocycles. The molecule has 0 bridgehead atoms. The molecule has 2 heterocycles. The van der Waals surface area contributed by atoms with E-state index in [1.807, 2.05) is 6.92 Å². The maximum atomic E-state index is 12.6. The van der Waals surface area contributed by atoms with Crippen molar-refractivity contribution in [1.82, 2.24) is 9.21 Å². The van der Waals surface area contributed by atoms with E-state index in [0.29, 0.717) is 41.7 Å². The first-order valence-electron chi connectivity index (χ1n) is 7.92. The number of methoxy groups -OCH3 is 1. The third-order valence-electron chi connectivity index (χ3n) is 4.17. The number of hydrogen-bond acceptors (Lipinski definition) is 5. The van der Waals surface area contributed by atoms with Crippen LogP contribution in [0.1, 0.15) is 15.2 Å². The molecule has 3 rings (SSSR count). The lowest BCUT2D eigenvalue weighted by molar-refractivity contribution is 0.0698. The van der Waals surface area contributed by atoms with Gasteiger partial charge in [-0.15, -0.1) is 11.3 Å². The van der Waals surface area contributed by atoms with Crippen molar-refractivity contribution in [2.75, 3.05) is 33.3 Å². The zero-order chi connectivity index (χ0) is 18.0. The molecule has 134 valence electrons. The number of rotatable bonds is 4. The zero-order valence-corrected chi connectivity index (χ0v) is 15.8. The number of thiophene rings is 1. The second-order valence-corrected chi connectivity index (χ2v) is 9.24. The van der Waals surface area contributed by atoms with Gasteiger partial charge in [-0.25, -0.2) is 8.42 Å². The van der Waals surface area contributed by atoms with Gasteiger partial charge in [0.15, 0.2) is 0 Å². The van der Waals surface area contributed by atoms with E-state index in [2.05, 4.69) is 0 Å². The van der Waals surface area contributed by atoms with Crippen molar-refractivity contribution >= 4 is 27.3 Å². The fourth-order valence-electron chi connectivity index (χ4n) is 2.73. The van der Waals surface area contributed by atoms with Crippen LogP contribution in [0.15, 0.2) is 40.6 Å². The fourth-order valence-corrected chi connectivity index (χ4v) is 5.59. The number of carbonyl (C=O) groups is 1. The summed E-state index contributed by atoms with van der Waals surface area (Å²) in [7, 11) is -1.89. The Bertz CT molecular complexity index is 851. The van der Waals surface area contributed by atoms with Gasteiger partial charge in [0.2, 0.25) is 0 Å². The van der Waals surface area contributed by atoms with Gasteiger partial charge >= 0.3 is 0 Å². The van der Waals surface area contributed by atoms with Crippen LogP contribution in [0.3, 0.4) is 0 Å². The molecule has 0 aliphatic carbocycles. The van der Waals surface area contributed by atoms with E-state index in [1.54, 1.807) is 48.4 Å². The van der Waals surface area contributed by atoms with Gasteiger partial charge in [0.1, 0.15) is 9.96 Å². The minimum atomic E-state index is -3.47. The number of piperazine rings is 1. The molecule has 0 unspecified atom stereocenters. The minimum absolute atomic E-state index is 0.0910. The van der Waals surface area contributed by atoms with Crippen molar-refractivity contribution in [3.05, 3.63) is 46.8 Å². The highest BCUT2D eigenvalue weighted by molar-refractivity contribution is 7.91. The number of aryl methyl sites for hydroxylation is 1. The standard InChI is InChI=1S/C17H20N2O4S2/c1-13-3-8-16(24-13)25(21,22)19-11-9-18(10-12-19)17(20)14-4-6-15(23-2)7-5-14/h3-8H,9-12H2,1-2H3. The molecule has 0 atom stereocenters. The van der Waals surface area contributed by atoms with Crippen LogP contribution in [0.4, 0.5) is 0 Å². The van der Waals surface area contributed by atoms with Crippen LogP contribution in [0.25, 0.3) is 0 Å². The van der Waals surface area contributed by atoms with Crippen LogP contribution in [0, 0.1) is 6.92 Å². The van der Waals surface area contributed by atoms with E-state index >= 15 is 0 Å². The molecule has 0 N–H and O–H groups in total. The lowest BCUT2D eigenvalue weighted by Gasteiger charge is -2.33. The number of sulfonamides is 1. The van der Waals surface area contributed by atoms with Gasteiger partial charge in [-0.05, 0) is 43.3 Å². The first-order valence-corrected chi connectivity index (χ1v) is 10.2. The Labute approximate surface area is 151 Å². The van der Waals surface area contributed by atoms with Crippen LogP contribution in [0.5, 0.6) is 5.75 Å². The molecule has 1 amide bonds. The topological polar surface area (TPSA) is 66.9 Å². The van der Waals surface area contributed by atoms with Gasteiger partial charge in [-0.3, -0.25) is 4.79 Å². The van der Waals surface area contributed by atoms with Gasteiger partial charge < -0.3 is 9.64 Å². The van der Waals surface area contributed by atoms with Crippen molar-refractivity contribution in [3.8, 4) is 5.75 Å². The minimum Gasteiger partial charge on any atom is -0.497 e. The summed E-state index contributed by atoms with van der Waals surface area (Å²) in [4.78, 5) is 15.2. The first-order chi connectivity index (χ1) is 11.9. The highest BCUT2D eigenvalue weighted by Crippen LogP contribution is 2.25. The summed E-state index contributed by atoms with van der Waals surface area (Å²) in [6.45, 7) is 3.26. The van der Waals surface area contributed by atoms with E-state index in [-0.39, 0.29) is 5.91 Å². The average molecular weight is 380 g/mol. The third-order valence-corrected chi connectivity index (χ3v) is 7.54. The Kier molecular flexibility index (Phi) is 5.12. The number of carbonyl (C=O) groups excluding carboxylic acids is 1. The van der Waals surface area contributed by atoms with Crippen molar-refractivity contribution in [2.45, 2.75) is 11.1 Å². The molecule has 0 spiro atoms. The summed E-state index contributed by atoms with van der Waals surface area (Å²) in [6.07, 6.45) is 0. The van der Waals surface area contributed by atoms with Gasteiger partial charge in [0.25, 0.3) is 15.9 Å². The number of hydrogen-bond donors (Lipinski definition) is 0. The van der Waals surface area contributed by atoms with Crippen molar-refractivity contribution in [2.24, 2.45) is 0 Å². The van der Waals surface area contributed by atoms with Crippen molar-refractivity contribution < 1.29 is 17.9 Å². The molecule has 8 heteroatoms. The predicted molar refractivity (Wildman–Crippen MR) is 96.7 cm³/mol. The maximum absolute atomic E-state index is 12.6. The van der Waals surface area contributed by atoms with E-state index in [1.165, 1.54) is 15.6 Å². The van der Waals surface area contributed by atoms with Gasteiger partial charge in [0.05, 0.1) is 7.11 Å². The van der Waals surface area contributed by atoms with Gasteiger partial charge in [-0.1, -0.05) is 0 Å². The third kappa shape index (κ3) is 3.70. The monoisotopic (exact) mass is 380 g/mol. The van der Waals surface area contributed by atoms with Crippen molar-refractivity contribution in [1.29, 1.82) is 0 Å². The van der Waals surface area contributed by atoms with Gasteiger partial charge in [-0.2, -0.15) is 4.31 Å². The van der Waals surface area contributed by atoms with Crippen LogP contribution >= 0.6 is 11.3 Å². The number of amides is 1. The SMILES string of the molecule is COc1ccc(C(=O)N2CCN(S(=O)(=O)c3ccc(C)s3)CC2)cc1. The van der Waals surface area contributed by atoms with Crippen LogP contribution in [-0.2, 0) is 10.0 Å². The summed E-state index contributed by atoms with van der Waals surface area (Å²) in [5, 5.41) is 0. The number of benzene rings is 1. The van der Waals surface area contributed by atoms with Crippen LogP contribution < -0.4 is 4.74 Å². The largest absolute Gasteiger partial charge is 0.497 e. The molecule has 1 aromatic heterocycles. The average Bonchev–Trinajstić information content (AvgIpc) is 3.08. The number of nitrogens with zero attached hydrogens (tertiary/aromatic N) is 2. The molecule has 0 radical (unpaired) electrons. The van der Waals surface area contributed by atoms with E-state index in [0.717, 1.165) is 4.88 Å². The highest BCUT2D eigenvalue weighted by atomic mass is 32.2. The first kappa shape index (κ1) is 17.9. The van der Waals surface area contributed by atoms with Crippen LogP contribution in [-0.4, -0.2) is 56.8 Å². The summed E-state index contributed by atoms with van der Waals surface area (Å²) in [6, 6.07) is 10.4. The summed E-state index contributed by atoms with van der Waals surface area (Å²) in [5.41, 5.74) is 0.575. The molecule has 2 aromatic rings. The highest BCUT2D eigenvalue weighted by Gasteiger charge is 2.31. The molecular weight excluding hydrogens is 360 g/mol. The number of ether oxygens (including phenoxy) is 1. The summed E-state index contributed by atoms with van der Waals surface area (Å²) < 4.78 is 32.2. The maximum Gasteiger partial charge on any atom is 0.253 e. The predicted octanol–water partition coefficient (Wildman–Crippen LogP) is 2.21. The molecule has 25 heavy (non-hydrogen) atoms. The zero-order valence-electron chi connectivity index (χ0n) is 14.1. The molecule has 1 aliphatic heterocycles. The van der Waals surface area contributed by atoms with Gasteiger partial charge in [0, 0.05) is 36.6 Å². The molecule has 6 nitrogen and oxygen atoms in total. The quantitative estimate of drug-likeness (QED) is 0.816. The Morgan fingerprint density at radius 2 is 1.68 bits per heavy atom. The smallest absolute Gasteiger partial charge is 0.253 e. The molecule has 1 saturated heterocycles. The summed E-state index contributed by atoms with van der Waals surface area (Å²) >= 11 is 1.27. The van der Waals surface area contributed by atoms with E-state index in [9.17, 15) is 13.2 Å². The van der Waals surface area contributed by atoms with E-state index < -0.39 is 10.0 Å². The van der Waals surface area contributed by atoms with Crippen molar-refractivity contribution in [3.63, 3.8) is 0 Å². The second kappa shape index (κ2) is 7.15. The Morgan fingerprint density at radius 1 is 1.04 bits per heavy atom. The normalized spacial score (nSPS) is 16.0. The Morgan fingerprint density at radius 3 is 2.20 bits per heavy atom. The Hall–Kier alpha value is -1.90. The molecule has 1 fully saturated rings. The summed E-state index contributed by atoms with van der Waals surface area (Å²) in [5.74, 6) is 0.602.